The Morgan fingerprint density at radius 1 is 1.50 bits per heavy atom. The molecule has 0 aromatic carbocycles. The average molecular weight is 159 g/mol. The van der Waals surface area contributed by atoms with Gasteiger partial charge >= 0.3 is 0 Å². The van der Waals surface area contributed by atoms with E-state index in [2.05, 4.69) is 4.98 Å². The molecule has 0 aliphatic heterocycles. The van der Waals surface area contributed by atoms with Gasteiger partial charge in [-0.05, 0) is 6.08 Å². The minimum atomic E-state index is -0.00292. The second-order valence-electron chi connectivity index (χ2n) is 2.09. The number of hydrogen-bond donors (Lipinski definition) is 2. The van der Waals surface area contributed by atoms with E-state index in [1.165, 1.54) is 18.3 Å². The topological polar surface area (TPSA) is 83.6 Å². The predicted octanol–water partition coefficient (Wildman–Crippen LogP) is 1.15. The van der Waals surface area contributed by atoms with Crippen molar-refractivity contribution in [1.82, 2.24) is 4.98 Å². The highest BCUT2D eigenvalue weighted by Crippen LogP contribution is 2.12. The van der Waals surface area contributed by atoms with Crippen molar-refractivity contribution in [1.29, 1.82) is 10.5 Å². The van der Waals surface area contributed by atoms with E-state index in [0.717, 1.165) is 0 Å². The number of aromatic nitrogens is 1. The number of aromatic amines is 1. The first-order valence-corrected chi connectivity index (χ1v) is 3.15. The lowest BCUT2D eigenvalue weighted by molar-refractivity contribution is 0.476. The molecule has 4 nitrogen and oxygen atoms in total. The number of allylic oxidation sites excluding steroid dienone is 1. The smallest absolute Gasteiger partial charge is 0.133 e. The van der Waals surface area contributed by atoms with Gasteiger partial charge in [0.1, 0.15) is 23.5 Å². The van der Waals surface area contributed by atoms with Crippen LogP contribution in [0, 0.1) is 22.7 Å². The van der Waals surface area contributed by atoms with E-state index in [4.69, 9.17) is 15.6 Å². The molecule has 0 aliphatic rings. The van der Waals surface area contributed by atoms with Crippen LogP contribution in [0.5, 0.6) is 5.75 Å². The number of hydrogen-bond acceptors (Lipinski definition) is 3. The molecule has 0 spiro atoms. The fourth-order valence-corrected chi connectivity index (χ4v) is 0.728. The molecule has 0 atom stereocenters. The highest BCUT2D eigenvalue weighted by Gasteiger charge is 1.96. The van der Waals surface area contributed by atoms with Crippen molar-refractivity contribution in [3.63, 3.8) is 0 Å². The highest BCUT2D eigenvalue weighted by molar-refractivity contribution is 5.60. The van der Waals surface area contributed by atoms with Gasteiger partial charge in [0.05, 0.1) is 0 Å². The van der Waals surface area contributed by atoms with Gasteiger partial charge in [0, 0.05) is 18.0 Å². The normalized spacial score (nSPS) is 8.17. The number of rotatable bonds is 1. The summed E-state index contributed by atoms with van der Waals surface area (Å²) in [6.07, 6.45) is 2.73. The molecule has 0 saturated heterocycles. The van der Waals surface area contributed by atoms with E-state index in [0.29, 0.717) is 5.69 Å². The second-order valence-corrected chi connectivity index (χ2v) is 2.09. The van der Waals surface area contributed by atoms with Crippen molar-refractivity contribution in [3.8, 4) is 17.9 Å². The zero-order chi connectivity index (χ0) is 8.97. The van der Waals surface area contributed by atoms with E-state index in [-0.39, 0.29) is 11.3 Å². The predicted molar refractivity (Wildman–Crippen MR) is 41.7 cm³/mol. The molecule has 0 amide bonds. The number of nitrogens with one attached hydrogen (secondary N) is 1. The Kier molecular flexibility index (Phi) is 2.15. The van der Waals surface area contributed by atoms with Crippen molar-refractivity contribution in [2.75, 3.05) is 0 Å². The first kappa shape index (κ1) is 7.90. The van der Waals surface area contributed by atoms with Crippen LogP contribution in [0.25, 0.3) is 6.08 Å². The summed E-state index contributed by atoms with van der Waals surface area (Å²) < 4.78 is 0. The molecule has 1 aromatic rings. The molecule has 0 saturated carbocycles. The lowest BCUT2D eigenvalue weighted by Crippen LogP contribution is -1.73. The standard InChI is InChI=1S/C8H5N3O/c9-3-6(4-10)1-7-2-8(12)5-11-7/h1-2,5,11-12H. The highest BCUT2D eigenvalue weighted by atomic mass is 16.3. The van der Waals surface area contributed by atoms with Crippen LogP contribution in [0.15, 0.2) is 17.8 Å². The summed E-state index contributed by atoms with van der Waals surface area (Å²) in [5, 5.41) is 25.6. The van der Waals surface area contributed by atoms with Crippen molar-refractivity contribution in [3.05, 3.63) is 23.5 Å². The SMILES string of the molecule is N#CC(C#N)=Cc1cc(O)c[nH]1. The summed E-state index contributed by atoms with van der Waals surface area (Å²) in [7, 11) is 0. The molecule has 1 heterocycles. The van der Waals surface area contributed by atoms with E-state index in [1.807, 2.05) is 0 Å². The van der Waals surface area contributed by atoms with Crippen molar-refractivity contribution in [2.45, 2.75) is 0 Å². The summed E-state index contributed by atoms with van der Waals surface area (Å²) >= 11 is 0. The Labute approximate surface area is 69.0 Å². The van der Waals surface area contributed by atoms with E-state index in [9.17, 15) is 0 Å². The van der Waals surface area contributed by atoms with Gasteiger partial charge in [0.2, 0.25) is 0 Å². The van der Waals surface area contributed by atoms with Crippen LogP contribution >= 0.6 is 0 Å². The average Bonchev–Trinajstić information content (AvgIpc) is 2.47. The Balaban J connectivity index is 2.97. The zero-order valence-electron chi connectivity index (χ0n) is 6.07. The van der Waals surface area contributed by atoms with E-state index >= 15 is 0 Å². The maximum atomic E-state index is 8.89. The van der Waals surface area contributed by atoms with Crippen LogP contribution in [0.2, 0.25) is 0 Å². The second kappa shape index (κ2) is 3.27. The molecule has 0 radical (unpaired) electrons. The van der Waals surface area contributed by atoms with Gasteiger partial charge < -0.3 is 10.1 Å². The van der Waals surface area contributed by atoms with E-state index in [1.54, 1.807) is 12.1 Å². The van der Waals surface area contributed by atoms with Gasteiger partial charge in [0.25, 0.3) is 0 Å². The number of H-pyrrole nitrogens is 1. The third kappa shape index (κ3) is 1.65. The fourth-order valence-electron chi connectivity index (χ4n) is 0.728. The maximum Gasteiger partial charge on any atom is 0.133 e. The molecule has 1 aromatic heterocycles. The molecule has 0 aliphatic carbocycles. The minimum absolute atomic E-state index is 0.00292. The molecule has 0 fully saturated rings. The van der Waals surface area contributed by atoms with Crippen molar-refractivity contribution in [2.24, 2.45) is 0 Å². The third-order valence-electron chi connectivity index (χ3n) is 1.23. The summed E-state index contributed by atoms with van der Waals surface area (Å²) in [5.74, 6) is 0.0801. The quantitative estimate of drug-likeness (QED) is 0.603. The van der Waals surface area contributed by atoms with Gasteiger partial charge in [-0.3, -0.25) is 0 Å². The van der Waals surface area contributed by atoms with E-state index < -0.39 is 0 Å². The van der Waals surface area contributed by atoms with Crippen molar-refractivity contribution >= 4 is 6.08 Å². The Morgan fingerprint density at radius 2 is 2.17 bits per heavy atom. The van der Waals surface area contributed by atoms with Crippen LogP contribution < -0.4 is 0 Å². The monoisotopic (exact) mass is 159 g/mol. The van der Waals surface area contributed by atoms with Gasteiger partial charge in [-0.1, -0.05) is 0 Å². The molecule has 0 bridgehead atoms. The lowest BCUT2D eigenvalue weighted by Gasteiger charge is -1.81. The molecular weight excluding hydrogens is 154 g/mol. The first-order valence-electron chi connectivity index (χ1n) is 3.15. The number of nitrogens with zero attached hydrogens (tertiary/aromatic N) is 2. The summed E-state index contributed by atoms with van der Waals surface area (Å²) in [6.45, 7) is 0. The van der Waals surface area contributed by atoms with Crippen LogP contribution in [-0.4, -0.2) is 10.1 Å². The third-order valence-corrected chi connectivity index (χ3v) is 1.23. The van der Waals surface area contributed by atoms with Crippen LogP contribution in [0.4, 0.5) is 0 Å². The van der Waals surface area contributed by atoms with Gasteiger partial charge in [-0.15, -0.1) is 0 Å². The Bertz CT molecular complexity index is 373. The number of nitriles is 2. The van der Waals surface area contributed by atoms with Crippen LogP contribution in [0.3, 0.4) is 0 Å². The van der Waals surface area contributed by atoms with Gasteiger partial charge in [-0.2, -0.15) is 10.5 Å². The molecular formula is C8H5N3O. The molecule has 1 rings (SSSR count). The summed E-state index contributed by atoms with van der Waals surface area (Å²) in [6, 6.07) is 4.84. The zero-order valence-corrected chi connectivity index (χ0v) is 6.07. The van der Waals surface area contributed by atoms with Gasteiger partial charge in [0.15, 0.2) is 0 Å². The fraction of sp³-hybridized carbons (Fsp3) is 0. The van der Waals surface area contributed by atoms with Crippen LogP contribution in [0.1, 0.15) is 5.69 Å². The van der Waals surface area contributed by atoms with Gasteiger partial charge in [-0.25, -0.2) is 0 Å². The summed E-state index contributed by atoms with van der Waals surface area (Å²) in [5.41, 5.74) is 0.530. The molecule has 0 unspecified atom stereocenters. The Morgan fingerprint density at radius 3 is 2.58 bits per heavy atom. The van der Waals surface area contributed by atoms with Crippen molar-refractivity contribution < 1.29 is 5.11 Å². The Hall–Kier alpha value is -2.20. The molecule has 58 valence electrons. The number of aromatic hydroxyl groups is 1. The molecule has 12 heavy (non-hydrogen) atoms. The first-order chi connectivity index (χ1) is 5.76. The van der Waals surface area contributed by atoms with Crippen LogP contribution in [-0.2, 0) is 0 Å². The minimum Gasteiger partial charge on any atom is -0.506 e. The largest absolute Gasteiger partial charge is 0.506 e. The molecule has 2 N–H and O–H groups in total. The summed E-state index contributed by atoms with van der Waals surface area (Å²) in [4.78, 5) is 2.68. The lowest BCUT2D eigenvalue weighted by atomic mass is 10.2. The molecule has 4 heteroatoms. The maximum absolute atomic E-state index is 8.89.